The molecule has 2 amide bonds. The molecule has 1 aliphatic rings. The van der Waals surface area contributed by atoms with Gasteiger partial charge in [-0.05, 0) is 74.4 Å². The second-order valence-electron chi connectivity index (χ2n) is 12.9. The quantitative estimate of drug-likeness (QED) is 0.181. The van der Waals surface area contributed by atoms with Crippen LogP contribution in [0.25, 0.3) is 11.1 Å². The van der Waals surface area contributed by atoms with Gasteiger partial charge in [0.15, 0.2) is 0 Å². The van der Waals surface area contributed by atoms with Crippen LogP contribution in [-0.4, -0.2) is 73.3 Å². The van der Waals surface area contributed by atoms with Gasteiger partial charge < -0.3 is 24.4 Å². The van der Waals surface area contributed by atoms with Crippen molar-refractivity contribution in [1.29, 1.82) is 0 Å². The predicted molar refractivity (Wildman–Crippen MR) is 187 cm³/mol. The summed E-state index contributed by atoms with van der Waals surface area (Å²) in [6.07, 6.45) is 3.43. The number of urea groups is 1. The van der Waals surface area contributed by atoms with Gasteiger partial charge in [-0.15, -0.1) is 0 Å². The molecule has 0 unspecified atom stereocenters. The lowest BCUT2D eigenvalue weighted by molar-refractivity contribution is -0.148. The number of carbonyl (C=O) groups excluding carboxylic acids is 3. The number of carbonyl (C=O) groups is 3. The molecule has 9 heteroatoms. The van der Waals surface area contributed by atoms with Gasteiger partial charge in [0.05, 0.1) is 7.11 Å². The number of hydrogen-bond donors (Lipinski definition) is 1. The van der Waals surface area contributed by atoms with Crippen molar-refractivity contribution in [2.24, 2.45) is 5.92 Å². The fraction of sp³-hybridized carbons (Fsp3) is 0.462. The van der Waals surface area contributed by atoms with Gasteiger partial charge in [-0.1, -0.05) is 79.2 Å². The standard InChI is InChI=1S/C39H51N3O6/c1-6-39(27-47-30(3)43,28-48-31(4)44)40-38(45)42(26-34-15-17-35(18-16-34)36-9-7-8-10-37(36)46-5)24-21-32-19-22-41(23-20-32)25-33-13-11-29(2)12-14-33/h7-18,32H,6,19-28H2,1-5H3,(H,40,45). The third-order valence-electron chi connectivity index (χ3n) is 9.23. The fourth-order valence-electron chi connectivity index (χ4n) is 6.06. The fourth-order valence-corrected chi connectivity index (χ4v) is 6.06. The highest BCUT2D eigenvalue weighted by Gasteiger charge is 2.35. The molecular weight excluding hydrogens is 606 g/mol. The van der Waals surface area contributed by atoms with E-state index in [0.717, 1.165) is 61.3 Å². The zero-order valence-electron chi connectivity index (χ0n) is 29.1. The van der Waals surface area contributed by atoms with Gasteiger partial charge in [0, 0.05) is 39.0 Å². The molecule has 0 aromatic heterocycles. The molecule has 1 aliphatic heterocycles. The van der Waals surface area contributed by atoms with E-state index >= 15 is 0 Å². The zero-order valence-corrected chi connectivity index (χ0v) is 29.1. The summed E-state index contributed by atoms with van der Waals surface area (Å²) in [4.78, 5) is 41.8. The second-order valence-corrected chi connectivity index (χ2v) is 12.9. The maximum Gasteiger partial charge on any atom is 0.318 e. The van der Waals surface area contributed by atoms with E-state index in [1.165, 1.54) is 25.0 Å². The van der Waals surface area contributed by atoms with Crippen LogP contribution in [0.15, 0.2) is 72.8 Å². The molecule has 3 aromatic carbocycles. The molecule has 1 saturated heterocycles. The van der Waals surface area contributed by atoms with Gasteiger partial charge in [0.25, 0.3) is 0 Å². The number of nitrogens with one attached hydrogen (secondary N) is 1. The Hall–Kier alpha value is -4.37. The van der Waals surface area contributed by atoms with Crippen molar-refractivity contribution in [3.05, 3.63) is 89.5 Å². The number of piperidine rings is 1. The predicted octanol–water partition coefficient (Wildman–Crippen LogP) is 6.76. The summed E-state index contributed by atoms with van der Waals surface area (Å²) < 4.78 is 16.2. The van der Waals surface area contributed by atoms with Gasteiger partial charge in [-0.3, -0.25) is 14.5 Å². The Balaban J connectivity index is 1.47. The van der Waals surface area contributed by atoms with E-state index in [-0.39, 0.29) is 19.2 Å². The minimum atomic E-state index is -1.05. The number of amides is 2. The minimum absolute atomic E-state index is 0.0985. The number of likely N-dealkylation sites (tertiary alicyclic amines) is 1. The van der Waals surface area contributed by atoms with Crippen LogP contribution < -0.4 is 10.1 Å². The topological polar surface area (TPSA) is 97.4 Å². The summed E-state index contributed by atoms with van der Waals surface area (Å²) in [6, 6.07) is 24.5. The van der Waals surface area contributed by atoms with Gasteiger partial charge in [0.1, 0.15) is 24.5 Å². The lowest BCUT2D eigenvalue weighted by Gasteiger charge is -2.36. The third kappa shape index (κ3) is 10.8. The Morgan fingerprint density at radius 1 is 0.875 bits per heavy atom. The van der Waals surface area contributed by atoms with Gasteiger partial charge in [0.2, 0.25) is 0 Å². The van der Waals surface area contributed by atoms with Crippen LogP contribution in [0.2, 0.25) is 0 Å². The van der Waals surface area contributed by atoms with Crippen LogP contribution in [0.4, 0.5) is 4.79 Å². The zero-order chi connectivity index (χ0) is 34.5. The first-order valence-corrected chi connectivity index (χ1v) is 16.9. The van der Waals surface area contributed by atoms with Crippen molar-refractivity contribution in [3.8, 4) is 16.9 Å². The Kier molecular flexibility index (Phi) is 13.4. The Labute approximate surface area is 285 Å². The molecule has 4 rings (SSSR count). The molecule has 0 bridgehead atoms. The third-order valence-corrected chi connectivity index (χ3v) is 9.23. The normalized spacial score (nSPS) is 13.9. The summed E-state index contributed by atoms with van der Waals surface area (Å²) in [7, 11) is 1.66. The molecule has 0 saturated carbocycles. The minimum Gasteiger partial charge on any atom is -0.496 e. The van der Waals surface area contributed by atoms with E-state index in [2.05, 4.69) is 41.4 Å². The average molecular weight is 658 g/mol. The molecule has 1 N–H and O–H groups in total. The van der Waals surface area contributed by atoms with Crippen molar-refractivity contribution >= 4 is 18.0 Å². The molecule has 258 valence electrons. The molecule has 48 heavy (non-hydrogen) atoms. The van der Waals surface area contributed by atoms with E-state index in [4.69, 9.17) is 14.2 Å². The molecule has 0 radical (unpaired) electrons. The Morgan fingerprint density at radius 3 is 2.06 bits per heavy atom. The summed E-state index contributed by atoms with van der Waals surface area (Å²) in [5, 5.41) is 3.10. The molecule has 1 heterocycles. The van der Waals surface area contributed by atoms with E-state index < -0.39 is 17.5 Å². The van der Waals surface area contributed by atoms with E-state index in [1.54, 1.807) is 7.11 Å². The Bertz CT molecular complexity index is 1460. The van der Waals surface area contributed by atoms with E-state index in [0.29, 0.717) is 25.4 Å². The van der Waals surface area contributed by atoms with E-state index in [9.17, 15) is 14.4 Å². The summed E-state index contributed by atoms with van der Waals surface area (Å²) in [5.74, 6) is 0.365. The van der Waals surface area contributed by atoms with Crippen LogP contribution in [0.3, 0.4) is 0 Å². The Morgan fingerprint density at radius 2 is 1.48 bits per heavy atom. The van der Waals surface area contributed by atoms with Crippen molar-refractivity contribution < 1.29 is 28.6 Å². The molecule has 0 atom stereocenters. The van der Waals surface area contributed by atoms with Crippen molar-refractivity contribution in [2.75, 3.05) is 40.0 Å². The number of esters is 2. The number of ether oxygens (including phenoxy) is 3. The highest BCUT2D eigenvalue weighted by Crippen LogP contribution is 2.30. The van der Waals surface area contributed by atoms with Crippen LogP contribution in [0.5, 0.6) is 5.75 Å². The number of rotatable bonds is 15. The highest BCUT2D eigenvalue weighted by atomic mass is 16.5. The van der Waals surface area contributed by atoms with Crippen LogP contribution in [0, 0.1) is 12.8 Å². The highest BCUT2D eigenvalue weighted by molar-refractivity contribution is 5.76. The van der Waals surface area contributed by atoms with E-state index in [1.807, 2.05) is 60.4 Å². The summed E-state index contributed by atoms with van der Waals surface area (Å²) in [6.45, 7) is 10.4. The van der Waals surface area contributed by atoms with Gasteiger partial charge >= 0.3 is 18.0 Å². The van der Waals surface area contributed by atoms with Crippen LogP contribution in [0.1, 0.15) is 63.1 Å². The van der Waals surface area contributed by atoms with Gasteiger partial charge in [-0.2, -0.15) is 0 Å². The second kappa shape index (κ2) is 17.7. The number of benzene rings is 3. The maximum atomic E-state index is 14.0. The molecule has 9 nitrogen and oxygen atoms in total. The monoisotopic (exact) mass is 657 g/mol. The first-order chi connectivity index (χ1) is 23.1. The summed E-state index contributed by atoms with van der Waals surface area (Å²) in [5.41, 5.74) is 4.56. The number of nitrogens with zero attached hydrogens (tertiary/aromatic N) is 2. The smallest absolute Gasteiger partial charge is 0.318 e. The lowest BCUT2D eigenvalue weighted by atomic mass is 9.93. The molecule has 0 aliphatic carbocycles. The first-order valence-electron chi connectivity index (χ1n) is 16.9. The molecule has 1 fully saturated rings. The number of aryl methyl sites for hydroxylation is 1. The number of para-hydroxylation sites is 1. The van der Waals surface area contributed by atoms with Crippen LogP contribution in [-0.2, 0) is 32.2 Å². The SMILES string of the molecule is CCC(COC(C)=O)(COC(C)=O)NC(=O)N(CCC1CCN(Cc2ccc(C)cc2)CC1)Cc1ccc(-c2ccccc2OC)cc1. The first kappa shape index (κ1) is 36.5. The molecule has 3 aromatic rings. The number of methoxy groups -OCH3 is 1. The molecule has 0 spiro atoms. The van der Waals surface area contributed by atoms with Gasteiger partial charge in [-0.25, -0.2) is 4.79 Å². The van der Waals surface area contributed by atoms with Crippen LogP contribution >= 0.6 is 0 Å². The van der Waals surface area contributed by atoms with Crippen molar-refractivity contribution in [1.82, 2.24) is 15.1 Å². The largest absolute Gasteiger partial charge is 0.496 e. The summed E-state index contributed by atoms with van der Waals surface area (Å²) >= 11 is 0. The van der Waals surface area contributed by atoms with Crippen molar-refractivity contribution in [2.45, 2.75) is 72.0 Å². The average Bonchev–Trinajstić information content (AvgIpc) is 3.09. The maximum absolute atomic E-state index is 14.0. The lowest BCUT2D eigenvalue weighted by Crippen LogP contribution is -2.58. The van der Waals surface area contributed by atoms with Crippen molar-refractivity contribution in [3.63, 3.8) is 0 Å². The number of hydrogen-bond acceptors (Lipinski definition) is 7. The molecular formula is C39H51N3O6.